The standard InChI is InChI=1S/C17H23N5O2/c1-17(2,3)9-14(23)21-11-15(24)20-10-13-5-4-6-19-16(13)22-8-7-18-12-22/h4-8,12H,9-11H2,1-3H3,(H,20,24)(H,21,23). The lowest BCUT2D eigenvalue weighted by molar-refractivity contribution is -0.127. The van der Waals surface area contributed by atoms with E-state index in [9.17, 15) is 9.59 Å². The predicted molar refractivity (Wildman–Crippen MR) is 90.3 cm³/mol. The second-order valence-electron chi connectivity index (χ2n) is 6.75. The number of carbonyl (C=O) groups excluding carboxylic acids is 2. The Bertz CT molecular complexity index is 689. The maximum atomic E-state index is 11.9. The first-order chi connectivity index (χ1) is 11.3. The van der Waals surface area contributed by atoms with Gasteiger partial charge in [-0.15, -0.1) is 0 Å². The van der Waals surface area contributed by atoms with Crippen LogP contribution in [0.4, 0.5) is 0 Å². The van der Waals surface area contributed by atoms with Crippen molar-refractivity contribution in [2.45, 2.75) is 33.7 Å². The lowest BCUT2D eigenvalue weighted by atomic mass is 9.92. The molecule has 0 radical (unpaired) electrons. The molecule has 0 atom stereocenters. The molecule has 7 heteroatoms. The monoisotopic (exact) mass is 329 g/mol. The normalized spacial score (nSPS) is 11.1. The molecule has 0 aromatic carbocycles. The highest BCUT2D eigenvalue weighted by atomic mass is 16.2. The molecule has 0 saturated carbocycles. The number of nitrogens with zero attached hydrogens (tertiary/aromatic N) is 3. The molecule has 0 bridgehead atoms. The summed E-state index contributed by atoms with van der Waals surface area (Å²) in [6.45, 7) is 6.23. The zero-order valence-corrected chi connectivity index (χ0v) is 14.2. The molecule has 2 amide bonds. The molecule has 2 heterocycles. The number of carbonyl (C=O) groups is 2. The second-order valence-corrected chi connectivity index (χ2v) is 6.75. The van der Waals surface area contributed by atoms with Gasteiger partial charge in [-0.05, 0) is 11.5 Å². The Morgan fingerprint density at radius 3 is 2.62 bits per heavy atom. The van der Waals surface area contributed by atoms with E-state index >= 15 is 0 Å². The van der Waals surface area contributed by atoms with E-state index in [0.717, 1.165) is 5.56 Å². The summed E-state index contributed by atoms with van der Waals surface area (Å²) in [6, 6.07) is 3.70. The predicted octanol–water partition coefficient (Wildman–Crippen LogP) is 1.44. The van der Waals surface area contributed by atoms with Crippen molar-refractivity contribution < 1.29 is 9.59 Å². The molecule has 0 saturated heterocycles. The summed E-state index contributed by atoms with van der Waals surface area (Å²) in [5.41, 5.74) is 0.764. The Morgan fingerprint density at radius 1 is 1.17 bits per heavy atom. The van der Waals surface area contributed by atoms with E-state index in [-0.39, 0.29) is 23.8 Å². The van der Waals surface area contributed by atoms with Crippen LogP contribution in [0, 0.1) is 5.41 Å². The zero-order chi connectivity index (χ0) is 17.6. The van der Waals surface area contributed by atoms with Gasteiger partial charge in [-0.3, -0.25) is 14.2 Å². The third-order valence-electron chi connectivity index (χ3n) is 3.23. The van der Waals surface area contributed by atoms with E-state index in [1.807, 2.05) is 32.9 Å². The Hall–Kier alpha value is -2.70. The fourth-order valence-corrected chi connectivity index (χ4v) is 2.16. The number of nitrogens with one attached hydrogen (secondary N) is 2. The van der Waals surface area contributed by atoms with Gasteiger partial charge in [0.05, 0.1) is 6.54 Å². The molecule has 0 aliphatic carbocycles. The summed E-state index contributed by atoms with van der Waals surface area (Å²) >= 11 is 0. The van der Waals surface area contributed by atoms with E-state index in [4.69, 9.17) is 0 Å². The van der Waals surface area contributed by atoms with E-state index < -0.39 is 0 Å². The lowest BCUT2D eigenvalue weighted by Crippen LogP contribution is -2.37. The number of imidazole rings is 1. The third-order valence-corrected chi connectivity index (χ3v) is 3.23. The first kappa shape index (κ1) is 17.7. The van der Waals surface area contributed by atoms with Crippen molar-refractivity contribution in [2.24, 2.45) is 5.41 Å². The smallest absolute Gasteiger partial charge is 0.239 e. The number of hydrogen-bond acceptors (Lipinski definition) is 4. The van der Waals surface area contributed by atoms with Crippen LogP contribution in [0.3, 0.4) is 0 Å². The molecule has 0 unspecified atom stereocenters. The van der Waals surface area contributed by atoms with Gasteiger partial charge in [0.2, 0.25) is 11.8 Å². The molecule has 0 spiro atoms. The Labute approximate surface area is 141 Å². The molecule has 0 aliphatic rings. The quantitative estimate of drug-likeness (QED) is 0.839. The first-order valence-electron chi connectivity index (χ1n) is 7.81. The Kier molecular flexibility index (Phi) is 5.68. The van der Waals surface area contributed by atoms with Crippen LogP contribution in [-0.2, 0) is 16.1 Å². The third kappa shape index (κ3) is 5.49. The zero-order valence-electron chi connectivity index (χ0n) is 14.2. The molecule has 0 fully saturated rings. The van der Waals surface area contributed by atoms with Crippen LogP contribution >= 0.6 is 0 Å². The van der Waals surface area contributed by atoms with Gasteiger partial charge in [0.1, 0.15) is 12.1 Å². The van der Waals surface area contributed by atoms with Crippen molar-refractivity contribution in [3.05, 3.63) is 42.6 Å². The number of amides is 2. The highest BCUT2D eigenvalue weighted by Gasteiger charge is 2.16. The number of pyridine rings is 1. The van der Waals surface area contributed by atoms with Gasteiger partial charge in [0.25, 0.3) is 0 Å². The minimum atomic E-state index is -0.238. The first-order valence-corrected chi connectivity index (χ1v) is 7.81. The van der Waals surface area contributed by atoms with Gasteiger partial charge in [0, 0.05) is 37.1 Å². The molecule has 128 valence electrons. The van der Waals surface area contributed by atoms with Crippen molar-refractivity contribution in [1.82, 2.24) is 25.2 Å². The highest BCUT2D eigenvalue weighted by Crippen LogP contribution is 2.17. The fourth-order valence-electron chi connectivity index (χ4n) is 2.16. The van der Waals surface area contributed by atoms with Gasteiger partial charge in [-0.25, -0.2) is 9.97 Å². The molecular formula is C17H23N5O2. The van der Waals surface area contributed by atoms with Gasteiger partial charge in [-0.1, -0.05) is 26.8 Å². The van der Waals surface area contributed by atoms with Crippen LogP contribution in [-0.4, -0.2) is 32.9 Å². The second kappa shape index (κ2) is 7.72. The van der Waals surface area contributed by atoms with E-state index in [2.05, 4.69) is 20.6 Å². The van der Waals surface area contributed by atoms with Crippen molar-refractivity contribution in [2.75, 3.05) is 6.54 Å². The van der Waals surface area contributed by atoms with Crippen molar-refractivity contribution in [1.29, 1.82) is 0 Å². The van der Waals surface area contributed by atoms with Gasteiger partial charge < -0.3 is 10.6 Å². The lowest BCUT2D eigenvalue weighted by Gasteiger charge is -2.17. The van der Waals surface area contributed by atoms with Crippen LogP contribution in [0.25, 0.3) is 5.82 Å². The Balaban J connectivity index is 1.86. The number of hydrogen-bond donors (Lipinski definition) is 2. The van der Waals surface area contributed by atoms with Gasteiger partial charge in [-0.2, -0.15) is 0 Å². The molecule has 2 rings (SSSR count). The average molecular weight is 329 g/mol. The molecular weight excluding hydrogens is 306 g/mol. The molecule has 7 nitrogen and oxygen atoms in total. The number of aromatic nitrogens is 3. The summed E-state index contributed by atoms with van der Waals surface area (Å²) in [5, 5.41) is 5.43. The summed E-state index contributed by atoms with van der Waals surface area (Å²) in [4.78, 5) is 32.0. The van der Waals surface area contributed by atoms with Crippen LogP contribution in [0.15, 0.2) is 37.1 Å². The van der Waals surface area contributed by atoms with E-state index in [1.54, 1.807) is 29.5 Å². The van der Waals surface area contributed by atoms with Crippen LogP contribution < -0.4 is 10.6 Å². The van der Waals surface area contributed by atoms with Crippen molar-refractivity contribution in [3.8, 4) is 5.82 Å². The number of rotatable bonds is 6. The minimum absolute atomic E-state index is 0.0322. The summed E-state index contributed by atoms with van der Waals surface area (Å²) < 4.78 is 1.78. The van der Waals surface area contributed by atoms with Crippen LogP contribution in [0.1, 0.15) is 32.8 Å². The maximum absolute atomic E-state index is 11.9. The maximum Gasteiger partial charge on any atom is 0.239 e. The molecule has 2 aromatic rings. The molecule has 2 N–H and O–H groups in total. The highest BCUT2D eigenvalue weighted by molar-refractivity contribution is 5.84. The van der Waals surface area contributed by atoms with Gasteiger partial charge >= 0.3 is 0 Å². The topological polar surface area (TPSA) is 88.9 Å². The van der Waals surface area contributed by atoms with E-state index in [0.29, 0.717) is 18.8 Å². The minimum Gasteiger partial charge on any atom is -0.350 e. The summed E-state index contributed by atoms with van der Waals surface area (Å²) in [5.74, 6) is 0.350. The van der Waals surface area contributed by atoms with Gasteiger partial charge in [0.15, 0.2) is 0 Å². The summed E-state index contributed by atoms with van der Waals surface area (Å²) in [7, 11) is 0. The van der Waals surface area contributed by atoms with Crippen LogP contribution in [0.5, 0.6) is 0 Å². The molecule has 0 aliphatic heterocycles. The molecule has 2 aromatic heterocycles. The largest absolute Gasteiger partial charge is 0.350 e. The van der Waals surface area contributed by atoms with Crippen LogP contribution in [0.2, 0.25) is 0 Å². The van der Waals surface area contributed by atoms with E-state index in [1.165, 1.54) is 0 Å². The SMILES string of the molecule is CC(C)(C)CC(=O)NCC(=O)NCc1cccnc1-n1ccnc1. The molecule has 24 heavy (non-hydrogen) atoms. The van der Waals surface area contributed by atoms with Crippen molar-refractivity contribution >= 4 is 11.8 Å². The van der Waals surface area contributed by atoms with Crippen molar-refractivity contribution in [3.63, 3.8) is 0 Å². The fraction of sp³-hybridized carbons (Fsp3) is 0.412. The average Bonchev–Trinajstić information content (AvgIpc) is 3.04. The Morgan fingerprint density at radius 2 is 1.96 bits per heavy atom. The summed E-state index contributed by atoms with van der Waals surface area (Å²) in [6.07, 6.45) is 7.18.